The van der Waals surface area contributed by atoms with E-state index in [1.807, 2.05) is 11.9 Å². The van der Waals surface area contributed by atoms with Crippen molar-refractivity contribution >= 4 is 5.78 Å². The summed E-state index contributed by atoms with van der Waals surface area (Å²) in [5, 5.41) is 0. The molecule has 1 atom stereocenters. The number of benzene rings is 1. The highest BCUT2D eigenvalue weighted by molar-refractivity contribution is 6.00. The first-order valence-electron chi connectivity index (χ1n) is 6.72. The van der Waals surface area contributed by atoms with Gasteiger partial charge in [0.25, 0.3) is 0 Å². The summed E-state index contributed by atoms with van der Waals surface area (Å²) >= 11 is 0. The monoisotopic (exact) mass is 267 g/mol. The molecule has 19 heavy (non-hydrogen) atoms. The molecule has 0 spiro atoms. The molecule has 0 saturated heterocycles. The third-order valence-corrected chi connectivity index (χ3v) is 4.09. The number of hydrogen-bond acceptors (Lipinski definition) is 2. The molecule has 0 N–H and O–H groups in total. The van der Waals surface area contributed by atoms with Gasteiger partial charge in [0.15, 0.2) is 5.78 Å². The van der Waals surface area contributed by atoms with Crippen LogP contribution in [-0.4, -0.2) is 29.8 Å². The Morgan fingerprint density at radius 3 is 2.53 bits per heavy atom. The van der Waals surface area contributed by atoms with E-state index in [4.69, 9.17) is 0 Å². The van der Waals surface area contributed by atoms with Gasteiger partial charge in [-0.15, -0.1) is 0 Å². The van der Waals surface area contributed by atoms with Gasteiger partial charge in [0.1, 0.15) is 11.6 Å². The summed E-state index contributed by atoms with van der Waals surface area (Å²) in [5.74, 6) is -1.73. The summed E-state index contributed by atoms with van der Waals surface area (Å²) in [7, 11) is 1.90. The van der Waals surface area contributed by atoms with Gasteiger partial charge < -0.3 is 0 Å². The minimum absolute atomic E-state index is 0.0289. The molecule has 1 aromatic rings. The molecule has 1 saturated carbocycles. The molecule has 1 aliphatic rings. The van der Waals surface area contributed by atoms with E-state index in [1.54, 1.807) is 6.92 Å². The molecule has 1 aromatic carbocycles. The standard InChI is InChI=1S/C15H19F2NO/c1-10(18(2)12-5-3-4-6-12)15(19)13-8-7-11(16)9-14(13)17/h7-10,12H,3-6H2,1-2H3. The van der Waals surface area contributed by atoms with Crippen molar-refractivity contribution in [1.82, 2.24) is 4.90 Å². The molecule has 1 unspecified atom stereocenters. The average Bonchev–Trinajstić information content (AvgIpc) is 2.90. The van der Waals surface area contributed by atoms with Crippen molar-refractivity contribution in [3.63, 3.8) is 0 Å². The molecule has 0 amide bonds. The number of rotatable bonds is 4. The Morgan fingerprint density at radius 2 is 1.95 bits per heavy atom. The number of likely N-dealkylation sites (N-methyl/N-ethyl adjacent to an activating group) is 1. The fourth-order valence-electron chi connectivity index (χ4n) is 2.73. The van der Waals surface area contributed by atoms with Crippen LogP contribution in [0.3, 0.4) is 0 Å². The number of ketones is 1. The van der Waals surface area contributed by atoms with Crippen LogP contribution < -0.4 is 0 Å². The van der Waals surface area contributed by atoms with Crippen molar-refractivity contribution in [2.45, 2.75) is 44.7 Å². The van der Waals surface area contributed by atoms with Crippen LogP contribution in [0.4, 0.5) is 8.78 Å². The highest BCUT2D eigenvalue weighted by Crippen LogP contribution is 2.25. The smallest absolute Gasteiger partial charge is 0.182 e. The van der Waals surface area contributed by atoms with Gasteiger partial charge in [0, 0.05) is 12.1 Å². The van der Waals surface area contributed by atoms with Crippen molar-refractivity contribution in [3.05, 3.63) is 35.4 Å². The van der Waals surface area contributed by atoms with Gasteiger partial charge in [-0.2, -0.15) is 0 Å². The molecule has 0 aliphatic heterocycles. The quantitative estimate of drug-likeness (QED) is 0.779. The molecule has 2 rings (SSSR count). The van der Waals surface area contributed by atoms with Gasteiger partial charge in [-0.1, -0.05) is 12.8 Å². The number of nitrogens with zero attached hydrogens (tertiary/aromatic N) is 1. The topological polar surface area (TPSA) is 20.3 Å². The molecule has 0 radical (unpaired) electrons. The molecule has 0 aromatic heterocycles. The Kier molecular flexibility index (Phi) is 4.30. The van der Waals surface area contributed by atoms with Crippen LogP contribution in [0.1, 0.15) is 43.0 Å². The number of Topliss-reactive ketones (excluding diaryl/α,β-unsaturated/α-hetero) is 1. The first-order chi connectivity index (χ1) is 9.00. The lowest BCUT2D eigenvalue weighted by atomic mass is 10.0. The summed E-state index contributed by atoms with van der Waals surface area (Å²) < 4.78 is 26.5. The third kappa shape index (κ3) is 3.00. The highest BCUT2D eigenvalue weighted by atomic mass is 19.1. The summed E-state index contributed by atoms with van der Waals surface area (Å²) in [6.07, 6.45) is 4.53. The lowest BCUT2D eigenvalue weighted by molar-refractivity contribution is 0.0815. The summed E-state index contributed by atoms with van der Waals surface area (Å²) in [6.45, 7) is 1.78. The zero-order chi connectivity index (χ0) is 14.0. The van der Waals surface area contributed by atoms with Crippen LogP contribution in [-0.2, 0) is 0 Å². The van der Waals surface area contributed by atoms with Crippen LogP contribution in [0.2, 0.25) is 0 Å². The predicted molar refractivity (Wildman–Crippen MR) is 70.2 cm³/mol. The fraction of sp³-hybridized carbons (Fsp3) is 0.533. The Balaban J connectivity index is 2.13. The first-order valence-corrected chi connectivity index (χ1v) is 6.72. The maximum Gasteiger partial charge on any atom is 0.182 e. The highest BCUT2D eigenvalue weighted by Gasteiger charge is 2.28. The van der Waals surface area contributed by atoms with Gasteiger partial charge in [0.2, 0.25) is 0 Å². The first kappa shape index (κ1) is 14.1. The van der Waals surface area contributed by atoms with Crippen molar-refractivity contribution in [2.24, 2.45) is 0 Å². The van der Waals surface area contributed by atoms with E-state index in [2.05, 4.69) is 0 Å². The van der Waals surface area contributed by atoms with E-state index < -0.39 is 11.6 Å². The Hall–Kier alpha value is -1.29. The van der Waals surface area contributed by atoms with E-state index in [9.17, 15) is 13.6 Å². The molecule has 104 valence electrons. The molecular formula is C15H19F2NO. The third-order valence-electron chi connectivity index (χ3n) is 4.09. The number of carbonyl (C=O) groups excluding carboxylic acids is 1. The molecular weight excluding hydrogens is 248 g/mol. The zero-order valence-electron chi connectivity index (χ0n) is 11.3. The van der Waals surface area contributed by atoms with Gasteiger partial charge in [-0.3, -0.25) is 9.69 Å². The molecule has 4 heteroatoms. The van der Waals surface area contributed by atoms with Crippen molar-refractivity contribution < 1.29 is 13.6 Å². The fourth-order valence-corrected chi connectivity index (χ4v) is 2.73. The SMILES string of the molecule is CC(C(=O)c1ccc(F)cc1F)N(C)C1CCCC1. The normalized spacial score (nSPS) is 17.9. The lowest BCUT2D eigenvalue weighted by Gasteiger charge is -2.29. The summed E-state index contributed by atoms with van der Waals surface area (Å²) in [5.41, 5.74) is -0.0289. The number of hydrogen-bond donors (Lipinski definition) is 0. The van der Waals surface area contributed by atoms with Crippen LogP contribution in [0.5, 0.6) is 0 Å². The van der Waals surface area contributed by atoms with Gasteiger partial charge in [0.05, 0.1) is 11.6 Å². The summed E-state index contributed by atoms with van der Waals surface area (Å²) in [6, 6.07) is 3.12. The molecule has 1 aliphatic carbocycles. The molecule has 0 heterocycles. The van der Waals surface area contributed by atoms with E-state index in [1.165, 1.54) is 18.9 Å². The second-order valence-corrected chi connectivity index (χ2v) is 5.27. The largest absolute Gasteiger partial charge is 0.294 e. The Morgan fingerprint density at radius 1 is 1.32 bits per heavy atom. The Bertz CT molecular complexity index is 469. The maximum atomic E-state index is 13.6. The molecule has 2 nitrogen and oxygen atoms in total. The van der Waals surface area contributed by atoms with Crippen LogP contribution in [0, 0.1) is 11.6 Å². The lowest BCUT2D eigenvalue weighted by Crippen LogP contribution is -2.42. The zero-order valence-corrected chi connectivity index (χ0v) is 11.3. The maximum absolute atomic E-state index is 13.6. The van der Waals surface area contributed by atoms with Gasteiger partial charge >= 0.3 is 0 Å². The van der Waals surface area contributed by atoms with E-state index in [0.29, 0.717) is 6.04 Å². The van der Waals surface area contributed by atoms with Crippen molar-refractivity contribution in [3.8, 4) is 0 Å². The minimum atomic E-state index is -0.781. The van der Waals surface area contributed by atoms with Crippen molar-refractivity contribution in [1.29, 1.82) is 0 Å². The second-order valence-electron chi connectivity index (χ2n) is 5.27. The predicted octanol–water partition coefficient (Wildman–Crippen LogP) is 3.41. The number of halogens is 2. The number of carbonyl (C=O) groups is 1. The van der Waals surface area contributed by atoms with E-state index >= 15 is 0 Å². The van der Waals surface area contributed by atoms with Gasteiger partial charge in [-0.05, 0) is 38.9 Å². The Labute approximate surface area is 112 Å². The summed E-state index contributed by atoms with van der Waals surface area (Å²) in [4.78, 5) is 14.3. The van der Waals surface area contributed by atoms with Gasteiger partial charge in [-0.25, -0.2) is 8.78 Å². The minimum Gasteiger partial charge on any atom is -0.294 e. The molecule has 1 fully saturated rings. The average molecular weight is 267 g/mol. The van der Waals surface area contributed by atoms with E-state index in [0.717, 1.165) is 25.0 Å². The molecule has 0 bridgehead atoms. The van der Waals surface area contributed by atoms with Crippen LogP contribution in [0.15, 0.2) is 18.2 Å². The van der Waals surface area contributed by atoms with Crippen LogP contribution >= 0.6 is 0 Å². The van der Waals surface area contributed by atoms with Crippen molar-refractivity contribution in [2.75, 3.05) is 7.05 Å². The second kappa shape index (κ2) is 5.78. The van der Waals surface area contributed by atoms with Crippen LogP contribution in [0.25, 0.3) is 0 Å². The van der Waals surface area contributed by atoms with E-state index in [-0.39, 0.29) is 17.4 Å².